The number of fused-ring (bicyclic) bond motifs is 2. The van der Waals surface area contributed by atoms with Gasteiger partial charge in [-0.25, -0.2) is 4.98 Å². The molecule has 1 N–H and O–H groups in total. The first-order valence-electron chi connectivity index (χ1n) is 9.95. The molecule has 1 amide bonds. The molecular formula is C23H25N3O2. The molecule has 5 nitrogen and oxygen atoms in total. The lowest BCUT2D eigenvalue weighted by Gasteiger charge is -2.16. The highest BCUT2D eigenvalue weighted by Gasteiger charge is 2.15. The van der Waals surface area contributed by atoms with Crippen LogP contribution in [0.1, 0.15) is 53.0 Å². The van der Waals surface area contributed by atoms with Gasteiger partial charge in [0.25, 0.3) is 11.5 Å². The van der Waals surface area contributed by atoms with E-state index in [1.54, 1.807) is 18.2 Å². The number of carbonyl (C=O) groups excluding carboxylic acids is 1. The first-order valence-corrected chi connectivity index (χ1v) is 9.95. The summed E-state index contributed by atoms with van der Waals surface area (Å²) in [6, 6.07) is 11.1. The normalized spacial score (nSPS) is 14.2. The Labute approximate surface area is 164 Å². The van der Waals surface area contributed by atoms with Gasteiger partial charge in [-0.2, -0.15) is 0 Å². The number of benzene rings is 2. The van der Waals surface area contributed by atoms with E-state index in [0.717, 1.165) is 54.9 Å². The Kier molecular flexibility index (Phi) is 4.99. The number of anilines is 1. The van der Waals surface area contributed by atoms with Crippen LogP contribution in [-0.2, 0) is 13.0 Å². The minimum Gasteiger partial charge on any atom is -0.322 e. The molecule has 0 saturated carbocycles. The summed E-state index contributed by atoms with van der Waals surface area (Å²) in [6.07, 6.45) is 5.19. The Balaban J connectivity index is 1.72. The van der Waals surface area contributed by atoms with Crippen molar-refractivity contribution < 1.29 is 4.79 Å². The van der Waals surface area contributed by atoms with Gasteiger partial charge < -0.3 is 5.32 Å². The van der Waals surface area contributed by atoms with Crippen molar-refractivity contribution in [2.24, 2.45) is 0 Å². The van der Waals surface area contributed by atoms with Gasteiger partial charge in [-0.3, -0.25) is 14.2 Å². The number of rotatable bonds is 2. The monoisotopic (exact) mass is 375 g/mol. The molecule has 0 saturated heterocycles. The SMILES string of the molecule is Cc1cccc(C)c1NC(=O)c1ccc2c(=O)n3c(nc2c1)CCCCCC3. The molecule has 144 valence electrons. The van der Waals surface area contributed by atoms with Gasteiger partial charge >= 0.3 is 0 Å². The maximum absolute atomic E-state index is 12.9. The zero-order valence-electron chi connectivity index (χ0n) is 16.4. The summed E-state index contributed by atoms with van der Waals surface area (Å²) >= 11 is 0. The van der Waals surface area contributed by atoms with Crippen molar-refractivity contribution in [2.45, 2.75) is 52.5 Å². The highest BCUT2D eigenvalue weighted by atomic mass is 16.1. The highest BCUT2D eigenvalue weighted by Crippen LogP contribution is 2.21. The third-order valence-electron chi connectivity index (χ3n) is 5.55. The largest absolute Gasteiger partial charge is 0.322 e. The summed E-state index contributed by atoms with van der Waals surface area (Å²) in [6.45, 7) is 4.68. The Hall–Kier alpha value is -2.95. The van der Waals surface area contributed by atoms with E-state index in [1.807, 2.05) is 36.6 Å². The first-order chi connectivity index (χ1) is 13.5. The fourth-order valence-electron chi connectivity index (χ4n) is 3.93. The lowest BCUT2D eigenvalue weighted by molar-refractivity contribution is 0.102. The molecule has 2 heterocycles. The van der Waals surface area contributed by atoms with Crippen LogP contribution in [-0.4, -0.2) is 15.5 Å². The second-order valence-corrected chi connectivity index (χ2v) is 7.60. The minimum absolute atomic E-state index is 0.00334. The molecule has 3 aromatic rings. The molecule has 0 spiro atoms. The molecule has 1 aliphatic rings. The van der Waals surface area contributed by atoms with Gasteiger partial charge in [0.2, 0.25) is 0 Å². The smallest absolute Gasteiger partial charge is 0.261 e. The molecule has 4 rings (SSSR count). The van der Waals surface area contributed by atoms with Crippen LogP contribution >= 0.6 is 0 Å². The van der Waals surface area contributed by atoms with Gasteiger partial charge in [-0.1, -0.05) is 31.0 Å². The minimum atomic E-state index is -0.187. The Morgan fingerprint density at radius 3 is 2.57 bits per heavy atom. The number of aromatic nitrogens is 2. The van der Waals surface area contributed by atoms with Crippen LogP contribution in [0.5, 0.6) is 0 Å². The fraction of sp³-hybridized carbons (Fsp3) is 0.348. The summed E-state index contributed by atoms with van der Waals surface area (Å²) < 4.78 is 1.82. The average Bonchev–Trinajstić information content (AvgIpc) is 2.66. The maximum atomic E-state index is 12.9. The van der Waals surface area contributed by atoms with Gasteiger partial charge in [-0.15, -0.1) is 0 Å². The number of hydrogen-bond acceptors (Lipinski definition) is 3. The highest BCUT2D eigenvalue weighted by molar-refractivity contribution is 6.06. The molecule has 0 aliphatic carbocycles. The van der Waals surface area contributed by atoms with Crippen LogP contribution in [0.2, 0.25) is 0 Å². The second kappa shape index (κ2) is 7.58. The third kappa shape index (κ3) is 3.44. The van der Waals surface area contributed by atoms with Gasteiger partial charge in [0.15, 0.2) is 0 Å². The van der Waals surface area contributed by atoms with Crippen molar-refractivity contribution in [3.8, 4) is 0 Å². The first kappa shape index (κ1) is 18.4. The molecule has 0 unspecified atom stereocenters. The Bertz CT molecular complexity index is 1090. The summed E-state index contributed by atoms with van der Waals surface area (Å²) in [5.74, 6) is 0.650. The zero-order valence-corrected chi connectivity index (χ0v) is 16.4. The van der Waals surface area contributed by atoms with Crippen LogP contribution in [0, 0.1) is 13.8 Å². The van der Waals surface area contributed by atoms with Crippen LogP contribution in [0.15, 0.2) is 41.2 Å². The predicted octanol–water partition coefficient (Wildman–Crippen LogP) is 4.38. The number of amides is 1. The van der Waals surface area contributed by atoms with Crippen LogP contribution in [0.4, 0.5) is 5.69 Å². The number of para-hydroxylation sites is 1. The molecule has 0 radical (unpaired) electrons. The summed E-state index contributed by atoms with van der Waals surface area (Å²) in [4.78, 5) is 30.5. The number of hydrogen-bond donors (Lipinski definition) is 1. The van der Waals surface area contributed by atoms with Gasteiger partial charge in [-0.05, 0) is 56.0 Å². The predicted molar refractivity (Wildman–Crippen MR) is 112 cm³/mol. The van der Waals surface area contributed by atoms with Gasteiger partial charge in [0.05, 0.1) is 10.9 Å². The van der Waals surface area contributed by atoms with Crippen LogP contribution in [0.3, 0.4) is 0 Å². The molecule has 1 aliphatic heterocycles. The molecule has 0 bridgehead atoms. The molecule has 5 heteroatoms. The topological polar surface area (TPSA) is 64.0 Å². The fourth-order valence-corrected chi connectivity index (χ4v) is 3.93. The average molecular weight is 375 g/mol. The maximum Gasteiger partial charge on any atom is 0.261 e. The molecule has 0 fully saturated rings. The van der Waals surface area contributed by atoms with Crippen molar-refractivity contribution in [3.63, 3.8) is 0 Å². The number of aryl methyl sites for hydroxylation is 3. The van der Waals surface area contributed by atoms with Crippen LogP contribution < -0.4 is 10.9 Å². The molecular weight excluding hydrogens is 350 g/mol. The van der Waals surface area contributed by atoms with E-state index in [0.29, 0.717) is 16.5 Å². The Morgan fingerprint density at radius 1 is 1.04 bits per heavy atom. The summed E-state index contributed by atoms with van der Waals surface area (Å²) in [5.41, 5.74) is 3.99. The van der Waals surface area contributed by atoms with E-state index in [4.69, 9.17) is 4.98 Å². The number of nitrogens with one attached hydrogen (secondary N) is 1. The van der Waals surface area contributed by atoms with E-state index >= 15 is 0 Å². The van der Waals surface area contributed by atoms with Crippen molar-refractivity contribution in [1.82, 2.24) is 9.55 Å². The van der Waals surface area contributed by atoms with Crippen molar-refractivity contribution in [3.05, 3.63) is 69.3 Å². The third-order valence-corrected chi connectivity index (χ3v) is 5.55. The number of carbonyl (C=O) groups is 1. The molecule has 28 heavy (non-hydrogen) atoms. The van der Waals surface area contributed by atoms with Gasteiger partial charge in [0, 0.05) is 24.2 Å². The van der Waals surface area contributed by atoms with Crippen molar-refractivity contribution in [2.75, 3.05) is 5.32 Å². The van der Waals surface area contributed by atoms with E-state index < -0.39 is 0 Å². The van der Waals surface area contributed by atoms with E-state index in [1.165, 1.54) is 6.42 Å². The van der Waals surface area contributed by atoms with Crippen molar-refractivity contribution in [1.29, 1.82) is 0 Å². The number of nitrogens with zero attached hydrogens (tertiary/aromatic N) is 2. The van der Waals surface area contributed by atoms with E-state index in [9.17, 15) is 9.59 Å². The molecule has 0 atom stereocenters. The second-order valence-electron chi connectivity index (χ2n) is 7.60. The van der Waals surface area contributed by atoms with Crippen molar-refractivity contribution >= 4 is 22.5 Å². The molecule has 2 aromatic carbocycles. The summed E-state index contributed by atoms with van der Waals surface area (Å²) in [7, 11) is 0. The van der Waals surface area contributed by atoms with E-state index in [2.05, 4.69) is 5.32 Å². The van der Waals surface area contributed by atoms with Crippen LogP contribution in [0.25, 0.3) is 10.9 Å². The van der Waals surface area contributed by atoms with Gasteiger partial charge in [0.1, 0.15) is 5.82 Å². The molecule has 1 aromatic heterocycles. The lowest BCUT2D eigenvalue weighted by atomic mass is 10.1. The lowest BCUT2D eigenvalue weighted by Crippen LogP contribution is -2.26. The van der Waals surface area contributed by atoms with E-state index in [-0.39, 0.29) is 11.5 Å². The standard InChI is InChI=1S/C23H25N3O2/c1-15-8-7-9-16(2)21(15)25-22(27)17-11-12-18-19(14-17)24-20-10-5-3-4-6-13-26(20)23(18)28/h7-9,11-12,14H,3-6,10,13H2,1-2H3,(H,25,27). The quantitative estimate of drug-likeness (QED) is 0.723. The zero-order chi connectivity index (χ0) is 19.7. The summed E-state index contributed by atoms with van der Waals surface area (Å²) in [5, 5.41) is 3.58. The Morgan fingerprint density at radius 2 is 1.79 bits per heavy atom.